The van der Waals surface area contributed by atoms with Crippen LogP contribution in [0.15, 0.2) is 0 Å². The highest BCUT2D eigenvalue weighted by Crippen LogP contribution is 2.17. The van der Waals surface area contributed by atoms with Crippen molar-refractivity contribution in [3.63, 3.8) is 0 Å². The molecule has 1 aliphatic rings. The Kier molecular flexibility index (Phi) is 6.45. The molecule has 0 aromatic rings. The van der Waals surface area contributed by atoms with E-state index in [2.05, 4.69) is 37.9 Å². The number of likely N-dealkylation sites (tertiary alicyclic amines) is 1. The molecule has 1 fully saturated rings. The molecule has 0 aromatic heterocycles. The molecular weight excluding hydrogens is 394 g/mol. The average Bonchev–Trinajstić information content (AvgIpc) is 2.48. The van der Waals surface area contributed by atoms with Crippen molar-refractivity contribution >= 4 is 45.9 Å². The summed E-state index contributed by atoms with van der Waals surface area (Å²) in [6.45, 7) is 5.57. The molecule has 1 rings (SSSR count). The van der Waals surface area contributed by atoms with E-state index >= 15 is 0 Å². The predicted octanol–water partition coefficient (Wildman–Crippen LogP) is 1.96. The third kappa shape index (κ3) is 5.10. The molecule has 1 heterocycles. The summed E-state index contributed by atoms with van der Waals surface area (Å²) in [7, 11) is 2.20. The average molecular weight is 410 g/mol. The SMILES string of the molecule is CN1CCC(CN(I)CCOI)C1. The fourth-order valence-electron chi connectivity index (χ4n) is 1.68. The number of hydrogen-bond donors (Lipinski definition) is 0. The molecule has 0 amide bonds. The Hall–Kier alpha value is 1.34. The Labute approximate surface area is 108 Å². The molecule has 0 aromatic carbocycles. The predicted molar refractivity (Wildman–Crippen MR) is 71.2 cm³/mol. The first-order valence-electron chi connectivity index (χ1n) is 4.55. The summed E-state index contributed by atoms with van der Waals surface area (Å²) < 4.78 is 7.34. The van der Waals surface area contributed by atoms with Crippen LogP contribution in [0.4, 0.5) is 0 Å². The van der Waals surface area contributed by atoms with Crippen LogP contribution < -0.4 is 0 Å². The Morgan fingerprint density at radius 2 is 2.38 bits per heavy atom. The van der Waals surface area contributed by atoms with E-state index in [1.807, 2.05) is 23.0 Å². The third-order valence-corrected chi connectivity index (χ3v) is 3.67. The van der Waals surface area contributed by atoms with Gasteiger partial charge in [-0.3, -0.25) is 0 Å². The van der Waals surface area contributed by atoms with Crippen LogP contribution in [0.2, 0.25) is 0 Å². The summed E-state index contributed by atoms with van der Waals surface area (Å²) in [5, 5.41) is 0. The van der Waals surface area contributed by atoms with Gasteiger partial charge in [0.05, 0.1) is 6.61 Å². The van der Waals surface area contributed by atoms with Gasteiger partial charge < -0.3 is 7.97 Å². The summed E-state index contributed by atoms with van der Waals surface area (Å²) >= 11 is 4.34. The molecule has 5 heteroatoms. The molecule has 1 unspecified atom stereocenters. The zero-order valence-corrected chi connectivity index (χ0v) is 12.2. The van der Waals surface area contributed by atoms with E-state index in [0.717, 1.165) is 19.1 Å². The molecule has 0 saturated carbocycles. The highest BCUT2D eigenvalue weighted by atomic mass is 127. The molecule has 0 spiro atoms. The lowest BCUT2D eigenvalue weighted by Crippen LogP contribution is -2.25. The van der Waals surface area contributed by atoms with Crippen LogP contribution in [0.25, 0.3) is 0 Å². The smallest absolute Gasteiger partial charge is 0.109 e. The molecule has 3 nitrogen and oxygen atoms in total. The van der Waals surface area contributed by atoms with E-state index in [0.29, 0.717) is 0 Å². The Morgan fingerprint density at radius 3 is 2.92 bits per heavy atom. The largest absolute Gasteiger partial charge is 0.314 e. The minimum absolute atomic E-state index is 0.825. The molecule has 0 bridgehead atoms. The molecule has 0 N–H and O–H groups in total. The van der Waals surface area contributed by atoms with Crippen LogP contribution >= 0.6 is 45.9 Å². The first-order valence-corrected chi connectivity index (χ1v) is 6.39. The van der Waals surface area contributed by atoms with Crippen molar-refractivity contribution in [2.45, 2.75) is 6.42 Å². The van der Waals surface area contributed by atoms with Gasteiger partial charge in [-0.25, -0.2) is 3.11 Å². The van der Waals surface area contributed by atoms with Crippen LogP contribution in [0.1, 0.15) is 6.42 Å². The summed E-state index contributed by atoms with van der Waals surface area (Å²) in [5.41, 5.74) is 0. The lowest BCUT2D eigenvalue weighted by molar-refractivity contribution is 0.326. The van der Waals surface area contributed by atoms with Crippen LogP contribution in [-0.4, -0.2) is 47.8 Å². The van der Waals surface area contributed by atoms with E-state index in [-0.39, 0.29) is 0 Å². The second-order valence-electron chi connectivity index (χ2n) is 3.60. The zero-order valence-electron chi connectivity index (χ0n) is 7.88. The Morgan fingerprint density at radius 1 is 1.62 bits per heavy atom. The van der Waals surface area contributed by atoms with Gasteiger partial charge in [-0.2, -0.15) is 0 Å². The lowest BCUT2D eigenvalue weighted by atomic mass is 10.1. The van der Waals surface area contributed by atoms with Crippen LogP contribution in [-0.2, 0) is 3.07 Å². The normalized spacial score (nSPS) is 24.5. The molecule has 13 heavy (non-hydrogen) atoms. The molecule has 0 aliphatic carbocycles. The van der Waals surface area contributed by atoms with E-state index in [4.69, 9.17) is 3.07 Å². The molecule has 78 valence electrons. The van der Waals surface area contributed by atoms with Gasteiger partial charge in [0.2, 0.25) is 0 Å². The standard InChI is InChI=1S/C8H16I2N2O/c1-11-3-2-8(6-11)7-12(9)4-5-13-10/h8H,2-7H2,1H3. The topological polar surface area (TPSA) is 15.7 Å². The van der Waals surface area contributed by atoms with Gasteiger partial charge in [0.25, 0.3) is 0 Å². The van der Waals surface area contributed by atoms with Crippen molar-refractivity contribution in [2.24, 2.45) is 5.92 Å². The van der Waals surface area contributed by atoms with E-state index in [1.165, 1.54) is 26.1 Å². The molecule has 0 radical (unpaired) electrons. The van der Waals surface area contributed by atoms with Crippen molar-refractivity contribution in [2.75, 3.05) is 39.8 Å². The highest BCUT2D eigenvalue weighted by Gasteiger charge is 2.20. The van der Waals surface area contributed by atoms with Gasteiger partial charge in [0.1, 0.15) is 23.0 Å². The summed E-state index contributed by atoms with van der Waals surface area (Å²) in [4.78, 5) is 2.41. The third-order valence-electron chi connectivity index (χ3n) is 2.36. The van der Waals surface area contributed by atoms with Crippen LogP contribution in [0.5, 0.6) is 0 Å². The number of rotatable bonds is 5. The van der Waals surface area contributed by atoms with Crippen LogP contribution in [0, 0.1) is 5.92 Å². The van der Waals surface area contributed by atoms with Gasteiger partial charge in [-0.05, 0) is 25.9 Å². The van der Waals surface area contributed by atoms with Crippen molar-refractivity contribution in [3.8, 4) is 0 Å². The van der Waals surface area contributed by atoms with Crippen molar-refractivity contribution in [1.29, 1.82) is 0 Å². The number of hydrogen-bond acceptors (Lipinski definition) is 3. The monoisotopic (exact) mass is 410 g/mol. The van der Waals surface area contributed by atoms with Gasteiger partial charge in [-0.1, -0.05) is 0 Å². The summed E-state index contributed by atoms with van der Waals surface area (Å²) in [6.07, 6.45) is 1.35. The zero-order chi connectivity index (χ0) is 9.68. The highest BCUT2D eigenvalue weighted by molar-refractivity contribution is 14.1. The Bertz CT molecular complexity index is 148. The molecule has 1 atom stereocenters. The van der Waals surface area contributed by atoms with Gasteiger partial charge in [0.15, 0.2) is 0 Å². The van der Waals surface area contributed by atoms with Gasteiger partial charge in [-0.15, -0.1) is 0 Å². The molecule has 1 saturated heterocycles. The van der Waals surface area contributed by atoms with E-state index < -0.39 is 0 Å². The van der Waals surface area contributed by atoms with Crippen molar-refractivity contribution in [3.05, 3.63) is 0 Å². The quantitative estimate of drug-likeness (QED) is 0.510. The molecular formula is C8H16I2N2O. The first-order chi connectivity index (χ1) is 6.22. The van der Waals surface area contributed by atoms with Gasteiger partial charge in [0, 0.05) is 42.5 Å². The minimum atomic E-state index is 0.825. The maximum atomic E-state index is 5.01. The fourth-order valence-corrected chi connectivity index (χ4v) is 2.63. The van der Waals surface area contributed by atoms with E-state index in [9.17, 15) is 0 Å². The number of halogens is 2. The van der Waals surface area contributed by atoms with E-state index in [1.54, 1.807) is 0 Å². The van der Waals surface area contributed by atoms with Crippen LogP contribution in [0.3, 0.4) is 0 Å². The van der Waals surface area contributed by atoms with Gasteiger partial charge >= 0.3 is 0 Å². The molecule has 1 aliphatic heterocycles. The Balaban J connectivity index is 2.09. The summed E-state index contributed by atoms with van der Waals surface area (Å²) in [5.74, 6) is 0.858. The second-order valence-corrected chi connectivity index (χ2v) is 5.59. The first kappa shape index (κ1) is 12.4. The minimum Gasteiger partial charge on any atom is -0.314 e. The summed E-state index contributed by atoms with van der Waals surface area (Å²) in [6, 6.07) is 0. The van der Waals surface area contributed by atoms with Crippen molar-refractivity contribution < 1.29 is 3.07 Å². The number of nitrogens with zero attached hydrogens (tertiary/aromatic N) is 2. The fraction of sp³-hybridized carbons (Fsp3) is 1.00. The lowest BCUT2D eigenvalue weighted by Gasteiger charge is -2.17. The maximum Gasteiger partial charge on any atom is 0.109 e. The van der Waals surface area contributed by atoms with Crippen molar-refractivity contribution in [1.82, 2.24) is 8.01 Å². The maximum absolute atomic E-state index is 5.01. The second kappa shape index (κ2) is 6.76.